The van der Waals surface area contributed by atoms with Gasteiger partial charge in [0.15, 0.2) is 5.65 Å². The number of fused-ring (bicyclic) bond motifs is 1. The molecule has 0 amide bonds. The van der Waals surface area contributed by atoms with E-state index in [0.717, 1.165) is 35.4 Å². The minimum atomic E-state index is 0.356. The topological polar surface area (TPSA) is 42.7 Å². The highest BCUT2D eigenvalue weighted by molar-refractivity contribution is 5.81. The first-order chi connectivity index (χ1) is 8.37. The maximum atomic E-state index is 4.45. The van der Waals surface area contributed by atoms with Gasteiger partial charge in [0, 0.05) is 19.0 Å². The zero-order valence-electron chi connectivity index (χ0n) is 11.9. The molecule has 0 fully saturated rings. The Morgan fingerprint density at radius 2 is 2.06 bits per heavy atom. The SMILES string of the molecule is Cc1nn(C)c2ncc(NCCC(C)(C)C)cc12. The van der Waals surface area contributed by atoms with Crippen molar-refractivity contribution in [3.8, 4) is 0 Å². The van der Waals surface area contributed by atoms with Crippen molar-refractivity contribution in [3.05, 3.63) is 18.0 Å². The Balaban J connectivity index is 2.13. The number of rotatable bonds is 3. The van der Waals surface area contributed by atoms with Crippen LogP contribution in [0.15, 0.2) is 12.3 Å². The molecule has 0 radical (unpaired) electrons. The lowest BCUT2D eigenvalue weighted by atomic mass is 9.92. The van der Waals surface area contributed by atoms with Crippen LogP contribution < -0.4 is 5.32 Å². The number of hydrogen-bond donors (Lipinski definition) is 1. The van der Waals surface area contributed by atoms with Gasteiger partial charge in [-0.25, -0.2) is 4.98 Å². The lowest BCUT2D eigenvalue weighted by Crippen LogP contribution is -2.12. The summed E-state index contributed by atoms with van der Waals surface area (Å²) in [5.41, 5.74) is 3.39. The molecule has 0 atom stereocenters. The third kappa shape index (κ3) is 2.81. The van der Waals surface area contributed by atoms with Gasteiger partial charge in [-0.15, -0.1) is 0 Å². The van der Waals surface area contributed by atoms with Crippen LogP contribution in [-0.4, -0.2) is 21.3 Å². The molecule has 0 aliphatic heterocycles. The molecule has 98 valence electrons. The van der Waals surface area contributed by atoms with Crippen LogP contribution in [0.5, 0.6) is 0 Å². The first kappa shape index (κ1) is 12.9. The van der Waals surface area contributed by atoms with Crippen molar-refractivity contribution >= 4 is 16.7 Å². The first-order valence-electron chi connectivity index (χ1n) is 6.40. The second kappa shape index (κ2) is 4.59. The highest BCUT2D eigenvalue weighted by atomic mass is 15.3. The summed E-state index contributed by atoms with van der Waals surface area (Å²) in [6, 6.07) is 2.13. The number of aromatic nitrogens is 3. The second-order valence-corrected chi connectivity index (χ2v) is 6.04. The fourth-order valence-corrected chi connectivity index (χ4v) is 1.99. The lowest BCUT2D eigenvalue weighted by Gasteiger charge is -2.18. The Bertz CT molecular complexity index is 549. The third-order valence-electron chi connectivity index (χ3n) is 3.07. The minimum Gasteiger partial charge on any atom is -0.384 e. The van der Waals surface area contributed by atoms with Gasteiger partial charge in [-0.2, -0.15) is 5.10 Å². The molecule has 1 N–H and O–H groups in total. The van der Waals surface area contributed by atoms with Crippen LogP contribution >= 0.6 is 0 Å². The van der Waals surface area contributed by atoms with Crippen LogP contribution in [0.25, 0.3) is 11.0 Å². The molecule has 4 nitrogen and oxygen atoms in total. The molecule has 18 heavy (non-hydrogen) atoms. The Labute approximate surface area is 108 Å². The Morgan fingerprint density at radius 1 is 1.33 bits per heavy atom. The highest BCUT2D eigenvalue weighted by Crippen LogP contribution is 2.21. The van der Waals surface area contributed by atoms with Crippen molar-refractivity contribution < 1.29 is 0 Å². The molecule has 2 aromatic heterocycles. The fraction of sp³-hybridized carbons (Fsp3) is 0.571. The zero-order chi connectivity index (χ0) is 13.3. The number of hydrogen-bond acceptors (Lipinski definition) is 3. The van der Waals surface area contributed by atoms with E-state index in [2.05, 4.69) is 42.2 Å². The van der Waals surface area contributed by atoms with Crippen molar-refractivity contribution in [2.24, 2.45) is 12.5 Å². The summed E-state index contributed by atoms with van der Waals surface area (Å²) in [6.07, 6.45) is 3.02. The van der Waals surface area contributed by atoms with Crippen LogP contribution in [0.4, 0.5) is 5.69 Å². The molecule has 0 aliphatic carbocycles. The largest absolute Gasteiger partial charge is 0.384 e. The number of aryl methyl sites for hydroxylation is 2. The molecule has 2 aromatic rings. The molecule has 4 heteroatoms. The van der Waals surface area contributed by atoms with Crippen molar-refractivity contribution in [1.82, 2.24) is 14.8 Å². The van der Waals surface area contributed by atoms with Gasteiger partial charge in [0.2, 0.25) is 0 Å². The van der Waals surface area contributed by atoms with Gasteiger partial charge in [-0.3, -0.25) is 4.68 Å². The fourth-order valence-electron chi connectivity index (χ4n) is 1.99. The second-order valence-electron chi connectivity index (χ2n) is 6.04. The summed E-state index contributed by atoms with van der Waals surface area (Å²) in [4.78, 5) is 4.45. The molecule has 0 unspecified atom stereocenters. The van der Waals surface area contributed by atoms with E-state index in [1.54, 1.807) is 0 Å². The van der Waals surface area contributed by atoms with E-state index >= 15 is 0 Å². The summed E-state index contributed by atoms with van der Waals surface area (Å²) in [7, 11) is 1.93. The molecule has 2 heterocycles. The Hall–Kier alpha value is -1.58. The van der Waals surface area contributed by atoms with Gasteiger partial charge in [0.1, 0.15) is 0 Å². The predicted molar refractivity (Wildman–Crippen MR) is 75.8 cm³/mol. The normalized spacial score (nSPS) is 12.1. The average molecular weight is 246 g/mol. The number of nitrogens with zero attached hydrogens (tertiary/aromatic N) is 3. The van der Waals surface area contributed by atoms with Crippen molar-refractivity contribution in [2.45, 2.75) is 34.1 Å². The van der Waals surface area contributed by atoms with Crippen molar-refractivity contribution in [2.75, 3.05) is 11.9 Å². The minimum absolute atomic E-state index is 0.356. The van der Waals surface area contributed by atoms with E-state index in [4.69, 9.17) is 0 Å². The maximum Gasteiger partial charge on any atom is 0.157 e. The van der Waals surface area contributed by atoms with Crippen LogP contribution in [0.3, 0.4) is 0 Å². The van der Waals surface area contributed by atoms with E-state index in [-0.39, 0.29) is 0 Å². The van der Waals surface area contributed by atoms with Crippen LogP contribution in [0.2, 0.25) is 0 Å². The van der Waals surface area contributed by atoms with E-state index < -0.39 is 0 Å². The zero-order valence-corrected chi connectivity index (χ0v) is 11.9. The van der Waals surface area contributed by atoms with Crippen molar-refractivity contribution in [3.63, 3.8) is 0 Å². The van der Waals surface area contributed by atoms with Gasteiger partial charge in [-0.1, -0.05) is 20.8 Å². The molecule has 0 bridgehead atoms. The van der Waals surface area contributed by atoms with E-state index in [1.807, 2.05) is 24.9 Å². The molecule has 0 saturated carbocycles. The van der Waals surface area contributed by atoms with Crippen LogP contribution in [0, 0.1) is 12.3 Å². The highest BCUT2D eigenvalue weighted by Gasteiger charge is 2.10. The average Bonchev–Trinajstić information content (AvgIpc) is 2.53. The summed E-state index contributed by atoms with van der Waals surface area (Å²) in [5, 5.41) is 8.93. The standard InChI is InChI=1S/C14H22N4/c1-10-12-8-11(15-7-6-14(2,3)4)9-16-13(12)18(5)17-10/h8-9,15H,6-7H2,1-5H3. The number of anilines is 1. The Kier molecular flexibility index (Phi) is 3.28. The molecule has 0 spiro atoms. The molecule has 0 saturated heterocycles. The maximum absolute atomic E-state index is 4.45. The third-order valence-corrected chi connectivity index (χ3v) is 3.07. The number of pyridine rings is 1. The molecular formula is C14H22N4. The molecule has 0 aromatic carbocycles. The van der Waals surface area contributed by atoms with E-state index in [1.165, 1.54) is 0 Å². The summed E-state index contributed by atoms with van der Waals surface area (Å²) in [5.74, 6) is 0. The Morgan fingerprint density at radius 3 is 2.72 bits per heavy atom. The molecule has 0 aliphatic rings. The van der Waals surface area contributed by atoms with Crippen LogP contribution in [-0.2, 0) is 7.05 Å². The van der Waals surface area contributed by atoms with Crippen LogP contribution in [0.1, 0.15) is 32.9 Å². The molecule has 2 rings (SSSR count). The number of nitrogens with one attached hydrogen (secondary N) is 1. The van der Waals surface area contributed by atoms with Gasteiger partial charge in [0.25, 0.3) is 0 Å². The first-order valence-corrected chi connectivity index (χ1v) is 6.40. The van der Waals surface area contributed by atoms with Gasteiger partial charge >= 0.3 is 0 Å². The van der Waals surface area contributed by atoms with E-state index in [9.17, 15) is 0 Å². The lowest BCUT2D eigenvalue weighted by molar-refractivity contribution is 0.390. The van der Waals surface area contributed by atoms with Gasteiger partial charge in [0.05, 0.1) is 17.6 Å². The monoisotopic (exact) mass is 246 g/mol. The summed E-state index contributed by atoms with van der Waals surface area (Å²) < 4.78 is 1.82. The summed E-state index contributed by atoms with van der Waals surface area (Å²) in [6.45, 7) is 9.74. The quantitative estimate of drug-likeness (QED) is 0.904. The smallest absolute Gasteiger partial charge is 0.157 e. The molecular weight excluding hydrogens is 224 g/mol. The van der Waals surface area contributed by atoms with E-state index in [0.29, 0.717) is 5.41 Å². The van der Waals surface area contributed by atoms with Gasteiger partial charge < -0.3 is 5.32 Å². The van der Waals surface area contributed by atoms with Gasteiger partial charge in [-0.05, 0) is 24.8 Å². The van der Waals surface area contributed by atoms with Crippen molar-refractivity contribution in [1.29, 1.82) is 0 Å². The summed E-state index contributed by atoms with van der Waals surface area (Å²) >= 11 is 0. The predicted octanol–water partition coefficient (Wildman–Crippen LogP) is 3.12.